The number of hydrogen-bond acceptors (Lipinski definition) is 8. The first-order chi connectivity index (χ1) is 19.6. The highest BCUT2D eigenvalue weighted by molar-refractivity contribution is 7.92. The van der Waals surface area contributed by atoms with Crippen LogP contribution in [0.4, 0.5) is 11.4 Å². The van der Waals surface area contributed by atoms with Crippen LogP contribution in [0.5, 0.6) is 5.88 Å². The molecule has 212 valence electrons. The van der Waals surface area contributed by atoms with E-state index in [1.54, 1.807) is 12.3 Å². The predicted molar refractivity (Wildman–Crippen MR) is 160 cm³/mol. The molecule has 1 aliphatic heterocycles. The topological polar surface area (TPSA) is 105 Å². The number of nitrogens with zero attached hydrogens (tertiary/aromatic N) is 4. The molecular formula is C30H30ClN5O4S. The van der Waals surface area contributed by atoms with Gasteiger partial charge in [0.05, 0.1) is 34.3 Å². The standard InChI is InChI=1S/C30H30ClN5O4S/c1-35(2)11-4-12-40-29-25(34-41(38,39)22-8-6-21(31)7-9-22)14-20(16-33-29)19-5-10-24-23(13-19)28-26(17-32-24)36(3)18-30(28)15-27(30)37/h5-10,13-14,16-17,34H,4,11-12,15,18H2,1-3H3. The van der Waals surface area contributed by atoms with Crippen LogP contribution >= 0.6 is 11.6 Å². The van der Waals surface area contributed by atoms with Gasteiger partial charge in [0.25, 0.3) is 10.0 Å². The predicted octanol–water partition coefficient (Wildman–Crippen LogP) is 4.74. The molecule has 1 saturated carbocycles. The molecule has 2 aliphatic rings. The summed E-state index contributed by atoms with van der Waals surface area (Å²) in [5.41, 5.74) is 4.08. The summed E-state index contributed by atoms with van der Waals surface area (Å²) in [6.45, 7) is 1.85. The van der Waals surface area contributed by atoms with Gasteiger partial charge in [-0.3, -0.25) is 14.5 Å². The van der Waals surface area contributed by atoms with Gasteiger partial charge in [0, 0.05) is 54.3 Å². The minimum atomic E-state index is -3.95. The van der Waals surface area contributed by atoms with Crippen LogP contribution in [0.25, 0.3) is 22.0 Å². The summed E-state index contributed by atoms with van der Waals surface area (Å²) in [5.74, 6) is 0.440. The summed E-state index contributed by atoms with van der Waals surface area (Å²) < 4.78 is 35.2. The van der Waals surface area contributed by atoms with Crippen molar-refractivity contribution in [3.8, 4) is 17.0 Å². The van der Waals surface area contributed by atoms with Gasteiger partial charge >= 0.3 is 0 Å². The Morgan fingerprint density at radius 1 is 1.07 bits per heavy atom. The van der Waals surface area contributed by atoms with Gasteiger partial charge in [0.1, 0.15) is 11.5 Å². The number of hydrogen-bond donors (Lipinski definition) is 1. The zero-order valence-corrected chi connectivity index (χ0v) is 24.6. The third-order valence-electron chi connectivity index (χ3n) is 7.66. The lowest BCUT2D eigenvalue weighted by Gasteiger charge is -2.16. The van der Waals surface area contributed by atoms with Gasteiger partial charge in [-0.1, -0.05) is 17.7 Å². The van der Waals surface area contributed by atoms with E-state index in [0.717, 1.165) is 40.7 Å². The molecule has 0 saturated heterocycles. The molecule has 0 radical (unpaired) electrons. The van der Waals surface area contributed by atoms with Crippen LogP contribution < -0.4 is 14.4 Å². The first-order valence-electron chi connectivity index (χ1n) is 13.3. The van der Waals surface area contributed by atoms with Crippen LogP contribution in [0.2, 0.25) is 5.02 Å². The van der Waals surface area contributed by atoms with Gasteiger partial charge in [-0.25, -0.2) is 13.4 Å². The summed E-state index contributed by atoms with van der Waals surface area (Å²) in [6.07, 6.45) is 4.79. The van der Waals surface area contributed by atoms with Crippen LogP contribution in [0.3, 0.4) is 0 Å². The zero-order chi connectivity index (χ0) is 28.9. The van der Waals surface area contributed by atoms with Gasteiger partial charge in [-0.15, -0.1) is 0 Å². The Bertz CT molecular complexity index is 1780. The van der Waals surface area contributed by atoms with E-state index < -0.39 is 15.4 Å². The van der Waals surface area contributed by atoms with E-state index in [1.165, 1.54) is 24.3 Å². The fourth-order valence-electron chi connectivity index (χ4n) is 5.49. The van der Waals surface area contributed by atoms with E-state index in [9.17, 15) is 13.2 Å². The SMILES string of the molecule is CN(C)CCCOc1ncc(-c2ccc3ncc4c(c3c2)C2(CC2=O)CN4C)cc1NS(=O)(=O)c1ccc(Cl)cc1. The minimum Gasteiger partial charge on any atom is -0.476 e. The van der Waals surface area contributed by atoms with E-state index >= 15 is 0 Å². The molecule has 2 aromatic heterocycles. The highest BCUT2D eigenvalue weighted by Gasteiger charge is 2.60. The Labute approximate surface area is 244 Å². The molecule has 1 aliphatic carbocycles. The van der Waals surface area contributed by atoms with Crippen molar-refractivity contribution < 1.29 is 17.9 Å². The van der Waals surface area contributed by atoms with Gasteiger partial charge in [0.2, 0.25) is 5.88 Å². The van der Waals surface area contributed by atoms with E-state index in [2.05, 4.69) is 19.6 Å². The molecule has 1 spiro atoms. The van der Waals surface area contributed by atoms with Crippen LogP contribution in [0, 0.1) is 0 Å². The van der Waals surface area contributed by atoms with Crippen LogP contribution in [-0.2, 0) is 20.2 Å². The Balaban J connectivity index is 1.39. The molecule has 0 bridgehead atoms. The number of sulfonamides is 1. The van der Waals surface area contributed by atoms with Crippen molar-refractivity contribution >= 4 is 49.7 Å². The lowest BCUT2D eigenvalue weighted by molar-refractivity contribution is -0.111. The molecule has 0 amide bonds. The number of anilines is 2. The minimum absolute atomic E-state index is 0.0710. The summed E-state index contributed by atoms with van der Waals surface area (Å²) in [4.78, 5) is 25.9. The number of benzene rings is 2. The number of ketones is 1. The van der Waals surface area contributed by atoms with Crippen molar-refractivity contribution in [2.24, 2.45) is 0 Å². The van der Waals surface area contributed by atoms with E-state index in [-0.39, 0.29) is 22.2 Å². The Hall–Kier alpha value is -3.73. The van der Waals surface area contributed by atoms with Crippen LogP contribution in [0.1, 0.15) is 18.4 Å². The zero-order valence-electron chi connectivity index (χ0n) is 23.0. The first-order valence-corrected chi connectivity index (χ1v) is 15.2. The number of rotatable bonds is 9. The van der Waals surface area contributed by atoms with E-state index in [1.807, 2.05) is 50.4 Å². The number of pyridine rings is 2. The monoisotopic (exact) mass is 591 g/mol. The quantitative estimate of drug-likeness (QED) is 0.278. The highest BCUT2D eigenvalue weighted by atomic mass is 35.5. The fourth-order valence-corrected chi connectivity index (χ4v) is 6.66. The van der Waals surface area contributed by atoms with Gasteiger partial charge in [-0.2, -0.15) is 0 Å². The molecular weight excluding hydrogens is 562 g/mol. The molecule has 41 heavy (non-hydrogen) atoms. The number of aromatic nitrogens is 2. The van der Waals surface area contributed by atoms with E-state index in [4.69, 9.17) is 16.3 Å². The maximum atomic E-state index is 13.3. The van der Waals surface area contributed by atoms with Crippen molar-refractivity contribution in [2.75, 3.05) is 50.5 Å². The largest absolute Gasteiger partial charge is 0.476 e. The average molecular weight is 592 g/mol. The van der Waals surface area contributed by atoms with Gasteiger partial charge in [-0.05, 0) is 68.5 Å². The Morgan fingerprint density at radius 2 is 1.83 bits per heavy atom. The van der Waals surface area contributed by atoms with Crippen molar-refractivity contribution in [3.63, 3.8) is 0 Å². The Kier molecular flexibility index (Phi) is 6.88. The number of fused-ring (bicyclic) bond motifs is 4. The summed E-state index contributed by atoms with van der Waals surface area (Å²) in [5, 5.41) is 1.36. The fraction of sp³-hybridized carbons (Fsp3) is 0.300. The van der Waals surface area contributed by atoms with E-state index in [0.29, 0.717) is 30.2 Å². The third kappa shape index (κ3) is 5.11. The van der Waals surface area contributed by atoms with Gasteiger partial charge in [0.15, 0.2) is 0 Å². The second-order valence-electron chi connectivity index (χ2n) is 10.9. The first kappa shape index (κ1) is 27.4. The second-order valence-corrected chi connectivity index (χ2v) is 13.0. The number of carbonyl (C=O) groups is 1. The molecule has 11 heteroatoms. The average Bonchev–Trinajstić information content (AvgIpc) is 3.48. The number of likely N-dealkylation sites (N-methyl/N-ethyl adjacent to an activating group) is 1. The third-order valence-corrected chi connectivity index (χ3v) is 9.29. The molecule has 9 nitrogen and oxygen atoms in total. The lowest BCUT2D eigenvalue weighted by atomic mass is 9.93. The molecule has 2 aromatic carbocycles. The molecule has 3 heterocycles. The molecule has 1 N–H and O–H groups in total. The lowest BCUT2D eigenvalue weighted by Crippen LogP contribution is -2.20. The normalized spacial score (nSPS) is 17.9. The summed E-state index contributed by atoms with van der Waals surface area (Å²) in [6, 6.07) is 13.5. The maximum Gasteiger partial charge on any atom is 0.262 e. The van der Waals surface area contributed by atoms with Crippen LogP contribution in [0.15, 0.2) is 65.8 Å². The molecule has 1 unspecified atom stereocenters. The summed E-state index contributed by atoms with van der Waals surface area (Å²) in [7, 11) is 1.99. The molecule has 1 atom stereocenters. The number of halogens is 1. The van der Waals surface area contributed by atoms with Gasteiger partial charge < -0.3 is 14.5 Å². The van der Waals surface area contributed by atoms with Crippen LogP contribution in [-0.4, -0.2) is 69.9 Å². The number of ether oxygens (including phenoxy) is 1. The maximum absolute atomic E-state index is 13.3. The second kappa shape index (κ2) is 10.3. The molecule has 6 rings (SSSR count). The van der Waals surface area contributed by atoms with Crippen molar-refractivity contribution in [1.82, 2.24) is 14.9 Å². The summed E-state index contributed by atoms with van der Waals surface area (Å²) >= 11 is 5.97. The van der Waals surface area contributed by atoms with Crippen molar-refractivity contribution in [3.05, 3.63) is 71.5 Å². The Morgan fingerprint density at radius 3 is 2.54 bits per heavy atom. The van der Waals surface area contributed by atoms with Crippen molar-refractivity contribution in [2.45, 2.75) is 23.2 Å². The smallest absolute Gasteiger partial charge is 0.262 e. The number of carbonyl (C=O) groups excluding carboxylic acids is 1. The van der Waals surface area contributed by atoms with Crippen molar-refractivity contribution in [1.29, 1.82) is 0 Å². The highest BCUT2D eigenvalue weighted by Crippen LogP contribution is 2.55. The molecule has 1 fully saturated rings. The number of nitrogens with one attached hydrogen (secondary N) is 1. The molecule has 4 aromatic rings. The number of Topliss-reactive ketones (excluding diaryl/α,β-unsaturated/α-hetero) is 1.